The Balaban J connectivity index is 2.45. The Bertz CT molecular complexity index is 525. The Morgan fingerprint density at radius 1 is 1.25 bits per heavy atom. The molecular weight excluding hydrogens is 263 g/mol. The molecule has 0 saturated carbocycles. The van der Waals surface area contributed by atoms with Crippen molar-refractivity contribution >= 4 is 40.3 Å². The zero-order valence-corrected chi connectivity index (χ0v) is 10.8. The van der Waals surface area contributed by atoms with Gasteiger partial charge in [-0.3, -0.25) is 4.79 Å². The fourth-order valence-corrected chi connectivity index (χ4v) is 2.85. The van der Waals surface area contributed by atoms with Gasteiger partial charge >= 0.3 is 0 Å². The summed E-state index contributed by atoms with van der Waals surface area (Å²) in [6.07, 6.45) is 0. The third kappa shape index (κ3) is 2.29. The van der Waals surface area contributed by atoms with Crippen molar-refractivity contribution in [1.82, 2.24) is 0 Å². The van der Waals surface area contributed by atoms with E-state index in [2.05, 4.69) is 0 Å². The molecule has 0 aliphatic rings. The van der Waals surface area contributed by atoms with Crippen molar-refractivity contribution in [2.24, 2.45) is 0 Å². The lowest BCUT2D eigenvalue weighted by molar-refractivity contribution is 0.104. The van der Waals surface area contributed by atoms with E-state index in [1.807, 2.05) is 19.1 Å². The third-order valence-electron chi connectivity index (χ3n) is 2.13. The molecule has 1 nitrogen and oxygen atoms in total. The number of carbonyl (C=O) groups is 1. The van der Waals surface area contributed by atoms with Crippen LogP contribution in [-0.4, -0.2) is 5.78 Å². The van der Waals surface area contributed by atoms with E-state index in [9.17, 15) is 4.79 Å². The van der Waals surface area contributed by atoms with Gasteiger partial charge in [-0.2, -0.15) is 0 Å². The number of rotatable bonds is 2. The molecule has 16 heavy (non-hydrogen) atoms. The molecule has 1 aromatic carbocycles. The monoisotopic (exact) mass is 270 g/mol. The van der Waals surface area contributed by atoms with Crippen LogP contribution in [0.1, 0.15) is 20.8 Å². The number of ketones is 1. The van der Waals surface area contributed by atoms with Gasteiger partial charge in [-0.15, -0.1) is 11.3 Å². The molecule has 0 N–H and O–H groups in total. The van der Waals surface area contributed by atoms with Gasteiger partial charge in [0.2, 0.25) is 5.78 Å². The van der Waals surface area contributed by atoms with E-state index < -0.39 is 0 Å². The summed E-state index contributed by atoms with van der Waals surface area (Å²) in [6, 6.07) is 7.00. The van der Waals surface area contributed by atoms with Crippen LogP contribution in [0.2, 0.25) is 10.0 Å². The molecule has 0 saturated heterocycles. The molecule has 4 heteroatoms. The number of thiophene rings is 1. The SMILES string of the molecule is Cc1cc(Cl)cc(C(=O)c2sccc2Cl)c1. The number of carbonyl (C=O) groups excluding carboxylic acids is 1. The van der Waals surface area contributed by atoms with E-state index in [-0.39, 0.29) is 5.78 Å². The number of benzene rings is 1. The number of hydrogen-bond acceptors (Lipinski definition) is 2. The molecule has 1 aromatic heterocycles. The van der Waals surface area contributed by atoms with Gasteiger partial charge in [-0.05, 0) is 42.1 Å². The molecule has 2 rings (SSSR count). The molecule has 0 unspecified atom stereocenters. The van der Waals surface area contributed by atoms with Gasteiger partial charge in [-0.1, -0.05) is 23.2 Å². The molecule has 0 atom stereocenters. The topological polar surface area (TPSA) is 17.1 Å². The normalized spacial score (nSPS) is 10.4. The van der Waals surface area contributed by atoms with E-state index in [1.165, 1.54) is 11.3 Å². The predicted molar refractivity (Wildman–Crippen MR) is 69.0 cm³/mol. The lowest BCUT2D eigenvalue weighted by Gasteiger charge is -2.02. The lowest BCUT2D eigenvalue weighted by atomic mass is 10.1. The molecular formula is C12H8Cl2OS. The van der Waals surface area contributed by atoms with Crippen LogP contribution in [0.3, 0.4) is 0 Å². The number of hydrogen-bond donors (Lipinski definition) is 0. The average molecular weight is 271 g/mol. The summed E-state index contributed by atoms with van der Waals surface area (Å²) < 4.78 is 0. The van der Waals surface area contributed by atoms with Crippen LogP contribution in [0.25, 0.3) is 0 Å². The van der Waals surface area contributed by atoms with Gasteiger partial charge in [0.15, 0.2) is 0 Å². The van der Waals surface area contributed by atoms with Gasteiger partial charge < -0.3 is 0 Å². The van der Waals surface area contributed by atoms with Crippen LogP contribution in [0.15, 0.2) is 29.6 Å². The first-order valence-electron chi connectivity index (χ1n) is 4.63. The smallest absolute Gasteiger partial charge is 0.204 e. The highest BCUT2D eigenvalue weighted by molar-refractivity contribution is 7.13. The molecule has 0 aliphatic carbocycles. The first-order valence-corrected chi connectivity index (χ1v) is 6.26. The van der Waals surface area contributed by atoms with Crippen molar-refractivity contribution in [2.75, 3.05) is 0 Å². The molecule has 1 heterocycles. The van der Waals surface area contributed by atoms with Crippen LogP contribution in [0.5, 0.6) is 0 Å². The average Bonchev–Trinajstić information content (AvgIpc) is 2.62. The van der Waals surface area contributed by atoms with E-state index in [1.54, 1.807) is 17.5 Å². The molecule has 82 valence electrons. The molecule has 2 aromatic rings. The summed E-state index contributed by atoms with van der Waals surface area (Å²) in [5.74, 6) is -0.0781. The van der Waals surface area contributed by atoms with E-state index in [4.69, 9.17) is 23.2 Å². The van der Waals surface area contributed by atoms with Crippen molar-refractivity contribution in [1.29, 1.82) is 0 Å². The van der Waals surface area contributed by atoms with Crippen molar-refractivity contribution in [3.05, 3.63) is 55.7 Å². The highest BCUT2D eigenvalue weighted by Crippen LogP contribution is 2.26. The highest BCUT2D eigenvalue weighted by Gasteiger charge is 2.14. The largest absolute Gasteiger partial charge is 0.288 e. The Morgan fingerprint density at radius 2 is 2.00 bits per heavy atom. The summed E-state index contributed by atoms with van der Waals surface area (Å²) in [4.78, 5) is 12.7. The molecule has 0 amide bonds. The maximum atomic E-state index is 12.1. The summed E-state index contributed by atoms with van der Waals surface area (Å²) in [7, 11) is 0. The standard InChI is InChI=1S/C12H8Cl2OS/c1-7-4-8(6-9(13)5-7)11(15)12-10(14)2-3-16-12/h2-6H,1H3. The van der Waals surface area contributed by atoms with Crippen molar-refractivity contribution in [2.45, 2.75) is 6.92 Å². The summed E-state index contributed by atoms with van der Waals surface area (Å²) in [5, 5.41) is 2.86. The van der Waals surface area contributed by atoms with E-state index in [0.717, 1.165) is 5.56 Å². The number of aryl methyl sites for hydroxylation is 1. The minimum atomic E-state index is -0.0781. The highest BCUT2D eigenvalue weighted by atomic mass is 35.5. The van der Waals surface area contributed by atoms with Crippen LogP contribution in [0, 0.1) is 6.92 Å². The van der Waals surface area contributed by atoms with E-state index in [0.29, 0.717) is 20.5 Å². The zero-order chi connectivity index (χ0) is 11.7. The van der Waals surface area contributed by atoms with Crippen LogP contribution in [0.4, 0.5) is 0 Å². The van der Waals surface area contributed by atoms with Gasteiger partial charge in [0.25, 0.3) is 0 Å². The Labute approximate surface area is 108 Å². The molecule has 0 radical (unpaired) electrons. The maximum Gasteiger partial charge on any atom is 0.204 e. The summed E-state index contributed by atoms with van der Waals surface area (Å²) in [6.45, 7) is 1.90. The molecule has 0 aliphatic heterocycles. The van der Waals surface area contributed by atoms with Gasteiger partial charge in [0, 0.05) is 10.6 Å². The second-order valence-electron chi connectivity index (χ2n) is 3.44. The van der Waals surface area contributed by atoms with Gasteiger partial charge in [0.05, 0.1) is 9.90 Å². The number of halogens is 2. The molecule has 0 bridgehead atoms. The summed E-state index contributed by atoms with van der Waals surface area (Å²) >= 11 is 13.2. The van der Waals surface area contributed by atoms with Crippen LogP contribution in [-0.2, 0) is 0 Å². The first kappa shape index (κ1) is 11.6. The van der Waals surface area contributed by atoms with Crippen molar-refractivity contribution in [3.8, 4) is 0 Å². The van der Waals surface area contributed by atoms with Crippen LogP contribution >= 0.6 is 34.5 Å². The van der Waals surface area contributed by atoms with E-state index >= 15 is 0 Å². The minimum absolute atomic E-state index is 0.0781. The van der Waals surface area contributed by atoms with Crippen molar-refractivity contribution in [3.63, 3.8) is 0 Å². The minimum Gasteiger partial charge on any atom is -0.288 e. The zero-order valence-electron chi connectivity index (χ0n) is 8.46. The van der Waals surface area contributed by atoms with Gasteiger partial charge in [0.1, 0.15) is 0 Å². The predicted octanol–water partition coefficient (Wildman–Crippen LogP) is 4.59. The second-order valence-corrected chi connectivity index (χ2v) is 5.20. The Morgan fingerprint density at radius 3 is 2.56 bits per heavy atom. The fraction of sp³-hybridized carbons (Fsp3) is 0.0833. The van der Waals surface area contributed by atoms with Crippen LogP contribution < -0.4 is 0 Å². The van der Waals surface area contributed by atoms with Crippen molar-refractivity contribution < 1.29 is 4.79 Å². The Hall–Kier alpha value is -0.830. The second kappa shape index (κ2) is 4.58. The molecule has 0 spiro atoms. The quantitative estimate of drug-likeness (QED) is 0.730. The maximum absolute atomic E-state index is 12.1. The van der Waals surface area contributed by atoms with Gasteiger partial charge in [-0.25, -0.2) is 0 Å². The third-order valence-corrected chi connectivity index (χ3v) is 3.69. The lowest BCUT2D eigenvalue weighted by Crippen LogP contribution is -1.99. The molecule has 0 fully saturated rings. The fourth-order valence-electron chi connectivity index (χ4n) is 1.45. The Kier molecular flexibility index (Phi) is 3.33. The summed E-state index contributed by atoms with van der Waals surface area (Å²) in [5.41, 5.74) is 1.54. The first-order chi connectivity index (χ1) is 7.58.